The fourth-order valence-electron chi connectivity index (χ4n) is 7.66. The van der Waals surface area contributed by atoms with E-state index in [-0.39, 0.29) is 11.3 Å². The van der Waals surface area contributed by atoms with Gasteiger partial charge >= 0.3 is 0 Å². The van der Waals surface area contributed by atoms with Crippen LogP contribution in [0.3, 0.4) is 0 Å². The molecule has 3 aromatic carbocycles. The number of rotatable bonds is 8. The summed E-state index contributed by atoms with van der Waals surface area (Å²) in [5.74, 6) is 1.41. The molecule has 2 saturated carbocycles. The van der Waals surface area contributed by atoms with Crippen LogP contribution in [0.1, 0.15) is 84.3 Å². The highest BCUT2D eigenvalue weighted by molar-refractivity contribution is 7.81. The van der Waals surface area contributed by atoms with Gasteiger partial charge in [-0.3, -0.25) is 9.52 Å². The smallest absolute Gasteiger partial charge is 0.264 e. The largest absolute Gasteiger partial charge is 0.489 e. The molecule has 1 aromatic heterocycles. The van der Waals surface area contributed by atoms with Crippen molar-refractivity contribution in [1.82, 2.24) is 13.6 Å². The standard InChI is InChI=1S/C37H41N3O3S/c1-24(2)37-21-32(37)31-20-28(43-22-25-11-7-5-8-12-25)16-18-29(31)35-34(26-13-9-6-10-14-26)30-17-15-27(19-33(30)40(35)23-37)36(41)38-44(42)39(3)4/h5,7-8,11-12,15-20,26,32H,1,6,9-10,13-14,21-23H2,2-4H3,(H,38,41). The van der Waals surface area contributed by atoms with Gasteiger partial charge in [-0.05, 0) is 85.0 Å². The first-order valence-electron chi connectivity index (χ1n) is 15.8. The second kappa shape index (κ2) is 11.4. The van der Waals surface area contributed by atoms with E-state index >= 15 is 0 Å². The Morgan fingerprint density at radius 2 is 1.84 bits per heavy atom. The Labute approximate surface area is 262 Å². The number of nitrogens with zero attached hydrogens (tertiary/aromatic N) is 2. The average Bonchev–Trinajstić information content (AvgIpc) is 3.71. The van der Waals surface area contributed by atoms with Gasteiger partial charge in [0.1, 0.15) is 12.4 Å². The summed E-state index contributed by atoms with van der Waals surface area (Å²) in [5.41, 5.74) is 9.24. The van der Waals surface area contributed by atoms with E-state index in [1.807, 2.05) is 30.3 Å². The van der Waals surface area contributed by atoms with Gasteiger partial charge < -0.3 is 9.30 Å². The van der Waals surface area contributed by atoms with E-state index in [0.29, 0.717) is 24.0 Å². The van der Waals surface area contributed by atoms with E-state index in [1.165, 1.54) is 69.8 Å². The molecule has 1 aliphatic heterocycles. The maximum Gasteiger partial charge on any atom is 0.264 e. The van der Waals surface area contributed by atoms with E-state index in [1.54, 1.807) is 14.1 Å². The third-order valence-electron chi connectivity index (χ3n) is 10.2. The molecular formula is C37H41N3O3S. The summed E-state index contributed by atoms with van der Waals surface area (Å²) >= 11 is -1.59. The Morgan fingerprint density at radius 1 is 1.07 bits per heavy atom. The molecule has 0 radical (unpaired) electrons. The van der Waals surface area contributed by atoms with Crippen LogP contribution in [0.15, 0.2) is 78.9 Å². The lowest BCUT2D eigenvalue weighted by atomic mass is 9.81. The number of fused-ring (bicyclic) bond motifs is 7. The van der Waals surface area contributed by atoms with Gasteiger partial charge in [0.2, 0.25) is 0 Å². The van der Waals surface area contributed by atoms with Gasteiger partial charge in [0.05, 0.1) is 5.69 Å². The second-order valence-corrected chi connectivity index (χ2v) is 14.6. The third kappa shape index (κ3) is 5.00. The zero-order chi connectivity index (χ0) is 30.6. The van der Waals surface area contributed by atoms with Crippen molar-refractivity contribution in [2.45, 2.75) is 70.4 Å². The summed E-state index contributed by atoms with van der Waals surface area (Å²) in [6, 6.07) is 23.0. The van der Waals surface area contributed by atoms with Crippen molar-refractivity contribution < 1.29 is 13.7 Å². The molecule has 1 amide bonds. The zero-order valence-corrected chi connectivity index (χ0v) is 26.7. The molecule has 0 saturated heterocycles. The summed E-state index contributed by atoms with van der Waals surface area (Å²) < 4.78 is 25.4. The van der Waals surface area contributed by atoms with Gasteiger partial charge in [-0.1, -0.05) is 67.8 Å². The summed E-state index contributed by atoms with van der Waals surface area (Å²) in [4.78, 5) is 13.2. The normalized spacial score (nSPS) is 21.6. The SMILES string of the molecule is C=C(C)C12CC1c1cc(OCc3ccccc3)ccc1-c1c(C3CCCCC3)c3ccc(C(=O)NS(=O)N(C)C)cc3n1C2. The van der Waals surface area contributed by atoms with Gasteiger partial charge in [0.25, 0.3) is 5.91 Å². The second-order valence-electron chi connectivity index (χ2n) is 13.1. The number of allylic oxidation sites excluding steroid dienone is 1. The van der Waals surface area contributed by atoms with Crippen molar-refractivity contribution in [3.63, 3.8) is 0 Å². The van der Waals surface area contributed by atoms with Gasteiger partial charge in [-0.15, -0.1) is 0 Å². The topological polar surface area (TPSA) is 63.6 Å². The molecule has 3 unspecified atom stereocenters. The molecule has 0 spiro atoms. The lowest BCUT2D eigenvalue weighted by molar-refractivity contribution is 0.0981. The molecule has 7 heteroatoms. The van der Waals surface area contributed by atoms with Crippen LogP contribution >= 0.6 is 0 Å². The maximum atomic E-state index is 13.2. The Balaban J connectivity index is 1.39. The van der Waals surface area contributed by atoms with Crippen molar-refractivity contribution >= 4 is 28.0 Å². The predicted octanol–water partition coefficient (Wildman–Crippen LogP) is 7.87. The molecule has 7 rings (SSSR count). The van der Waals surface area contributed by atoms with Crippen LogP contribution in [0.5, 0.6) is 5.75 Å². The molecule has 0 bridgehead atoms. The van der Waals surface area contributed by atoms with Crippen LogP contribution in [0, 0.1) is 5.41 Å². The van der Waals surface area contributed by atoms with Crippen molar-refractivity contribution in [2.24, 2.45) is 5.41 Å². The molecule has 44 heavy (non-hydrogen) atoms. The summed E-state index contributed by atoms with van der Waals surface area (Å²) in [6.07, 6.45) is 7.18. The Kier molecular flexibility index (Phi) is 7.50. The molecule has 2 aliphatic carbocycles. The quantitative estimate of drug-likeness (QED) is 0.207. The lowest BCUT2D eigenvalue weighted by Gasteiger charge is -2.24. The number of carbonyl (C=O) groups is 1. The van der Waals surface area contributed by atoms with Crippen molar-refractivity contribution in [3.05, 3.63) is 101 Å². The lowest BCUT2D eigenvalue weighted by Crippen LogP contribution is -2.34. The number of benzene rings is 3. The Bertz CT molecular complexity index is 1790. The molecule has 4 aromatic rings. The minimum Gasteiger partial charge on any atom is -0.489 e. The van der Waals surface area contributed by atoms with Gasteiger partial charge in [0, 0.05) is 48.1 Å². The molecular weight excluding hydrogens is 566 g/mol. The Morgan fingerprint density at radius 3 is 2.57 bits per heavy atom. The monoisotopic (exact) mass is 607 g/mol. The zero-order valence-electron chi connectivity index (χ0n) is 25.9. The maximum absolute atomic E-state index is 13.2. The summed E-state index contributed by atoms with van der Waals surface area (Å²) in [6.45, 7) is 8.04. The molecule has 2 fully saturated rings. The predicted molar refractivity (Wildman–Crippen MR) is 178 cm³/mol. The van der Waals surface area contributed by atoms with Gasteiger partial charge in [0.15, 0.2) is 11.2 Å². The molecule has 228 valence electrons. The van der Waals surface area contributed by atoms with E-state index in [2.05, 4.69) is 59.2 Å². The highest BCUT2D eigenvalue weighted by Gasteiger charge is 2.58. The number of amides is 1. The first-order chi connectivity index (χ1) is 21.3. The van der Waals surface area contributed by atoms with Crippen LogP contribution in [0.25, 0.3) is 22.2 Å². The highest BCUT2D eigenvalue weighted by atomic mass is 32.2. The minimum atomic E-state index is -1.59. The molecule has 6 nitrogen and oxygen atoms in total. The van der Waals surface area contributed by atoms with Crippen molar-refractivity contribution in [2.75, 3.05) is 14.1 Å². The molecule has 1 N–H and O–H groups in total. The summed E-state index contributed by atoms with van der Waals surface area (Å²) in [5, 5.41) is 1.23. The molecule has 2 heterocycles. The number of hydrogen-bond acceptors (Lipinski definition) is 3. The van der Waals surface area contributed by atoms with E-state index in [0.717, 1.165) is 29.8 Å². The van der Waals surface area contributed by atoms with Crippen LogP contribution in [0.2, 0.25) is 0 Å². The first-order valence-corrected chi connectivity index (χ1v) is 16.9. The molecule has 3 aliphatic rings. The number of carbonyl (C=O) groups excluding carboxylic acids is 1. The van der Waals surface area contributed by atoms with E-state index in [4.69, 9.17) is 4.74 Å². The van der Waals surface area contributed by atoms with Crippen molar-refractivity contribution in [1.29, 1.82) is 0 Å². The minimum absolute atomic E-state index is 0.0431. The fourth-order valence-corrected chi connectivity index (χ4v) is 8.12. The highest BCUT2D eigenvalue weighted by Crippen LogP contribution is 2.68. The van der Waals surface area contributed by atoms with Crippen molar-refractivity contribution in [3.8, 4) is 17.0 Å². The van der Waals surface area contributed by atoms with Gasteiger partial charge in [-0.2, -0.15) is 0 Å². The molecule has 3 atom stereocenters. The Hall–Kier alpha value is -3.68. The van der Waals surface area contributed by atoms with Crippen LogP contribution in [0.4, 0.5) is 0 Å². The average molecular weight is 608 g/mol. The first kappa shape index (κ1) is 29.1. The van der Waals surface area contributed by atoms with Crippen LogP contribution in [-0.4, -0.2) is 33.1 Å². The third-order valence-corrected chi connectivity index (χ3v) is 11.2. The number of ether oxygens (including phenoxy) is 1. The van der Waals surface area contributed by atoms with Crippen LogP contribution in [-0.2, 0) is 24.3 Å². The van der Waals surface area contributed by atoms with Crippen LogP contribution < -0.4 is 9.46 Å². The summed E-state index contributed by atoms with van der Waals surface area (Å²) in [7, 11) is 3.36. The fraction of sp³-hybridized carbons (Fsp3) is 0.378. The van der Waals surface area contributed by atoms with Gasteiger partial charge in [-0.25, -0.2) is 8.51 Å². The number of nitrogens with one attached hydrogen (secondary N) is 1. The van der Waals surface area contributed by atoms with E-state index in [9.17, 15) is 9.00 Å². The number of hydrogen-bond donors (Lipinski definition) is 1. The number of aromatic nitrogens is 1. The van der Waals surface area contributed by atoms with E-state index < -0.39 is 11.2 Å².